The summed E-state index contributed by atoms with van der Waals surface area (Å²) in [7, 11) is 1.49. The van der Waals surface area contributed by atoms with E-state index in [4.69, 9.17) is 4.74 Å². The molecule has 1 aliphatic rings. The van der Waals surface area contributed by atoms with Gasteiger partial charge in [-0.2, -0.15) is 0 Å². The maximum absolute atomic E-state index is 11.7. The first-order valence-corrected chi connectivity index (χ1v) is 5.44. The van der Waals surface area contributed by atoms with Crippen LogP contribution in [0.2, 0.25) is 0 Å². The van der Waals surface area contributed by atoms with Crippen molar-refractivity contribution in [2.24, 2.45) is 5.41 Å². The third-order valence-electron chi connectivity index (χ3n) is 3.26. The zero-order valence-electron chi connectivity index (χ0n) is 9.05. The van der Waals surface area contributed by atoms with Crippen molar-refractivity contribution in [1.82, 2.24) is 0 Å². The van der Waals surface area contributed by atoms with Crippen LogP contribution in [-0.2, 0) is 9.53 Å². The summed E-state index contributed by atoms with van der Waals surface area (Å²) in [6, 6.07) is 0. The molecule has 1 fully saturated rings. The highest BCUT2D eigenvalue weighted by molar-refractivity contribution is 5.76. The number of carbonyl (C=O) groups excluding carboxylic acids is 1. The zero-order chi connectivity index (χ0) is 10.4. The molecule has 0 aromatic rings. The third kappa shape index (κ3) is 2.37. The highest BCUT2D eigenvalue weighted by atomic mass is 16.5. The lowest BCUT2D eigenvalue weighted by molar-refractivity contribution is -0.155. The Hall–Kier alpha value is -0.790. The van der Waals surface area contributed by atoms with Gasteiger partial charge in [-0.25, -0.2) is 0 Å². The van der Waals surface area contributed by atoms with Crippen molar-refractivity contribution in [2.45, 2.75) is 44.9 Å². The molecule has 0 spiro atoms. The molecule has 1 saturated carbocycles. The van der Waals surface area contributed by atoms with Gasteiger partial charge in [0.15, 0.2) is 0 Å². The molecule has 0 atom stereocenters. The van der Waals surface area contributed by atoms with Gasteiger partial charge in [-0.15, -0.1) is 6.58 Å². The summed E-state index contributed by atoms with van der Waals surface area (Å²) in [6.07, 6.45) is 9.27. The summed E-state index contributed by atoms with van der Waals surface area (Å²) in [5.41, 5.74) is -0.193. The summed E-state index contributed by atoms with van der Waals surface area (Å²) in [5, 5.41) is 0. The summed E-state index contributed by atoms with van der Waals surface area (Å²) in [6.45, 7) is 3.71. The van der Waals surface area contributed by atoms with Gasteiger partial charge >= 0.3 is 5.97 Å². The molecule has 0 radical (unpaired) electrons. The van der Waals surface area contributed by atoms with Crippen LogP contribution in [0.1, 0.15) is 44.9 Å². The van der Waals surface area contributed by atoms with Crippen molar-refractivity contribution >= 4 is 5.97 Å². The van der Waals surface area contributed by atoms with Crippen LogP contribution in [0.5, 0.6) is 0 Å². The highest BCUT2D eigenvalue weighted by Crippen LogP contribution is 2.41. The van der Waals surface area contributed by atoms with Crippen LogP contribution in [0.4, 0.5) is 0 Å². The SMILES string of the molecule is C=CCCC1(C(=O)OC)CCCCC1. The normalized spacial score (nSPS) is 20.1. The monoisotopic (exact) mass is 196 g/mol. The van der Waals surface area contributed by atoms with E-state index in [2.05, 4.69) is 6.58 Å². The van der Waals surface area contributed by atoms with Gasteiger partial charge < -0.3 is 4.74 Å². The molecule has 0 aliphatic heterocycles. The van der Waals surface area contributed by atoms with Crippen LogP contribution < -0.4 is 0 Å². The van der Waals surface area contributed by atoms with Crippen LogP contribution in [0, 0.1) is 5.41 Å². The predicted octanol–water partition coefficient (Wildman–Crippen LogP) is 3.08. The van der Waals surface area contributed by atoms with Crippen LogP contribution in [-0.4, -0.2) is 13.1 Å². The maximum Gasteiger partial charge on any atom is 0.311 e. The first-order valence-electron chi connectivity index (χ1n) is 5.44. The van der Waals surface area contributed by atoms with Gasteiger partial charge in [-0.3, -0.25) is 4.79 Å². The van der Waals surface area contributed by atoms with Crippen molar-refractivity contribution in [3.05, 3.63) is 12.7 Å². The number of hydrogen-bond donors (Lipinski definition) is 0. The van der Waals surface area contributed by atoms with E-state index in [1.54, 1.807) is 0 Å². The Morgan fingerprint density at radius 3 is 2.57 bits per heavy atom. The molecule has 0 saturated heterocycles. The first kappa shape index (κ1) is 11.3. The number of hydrogen-bond acceptors (Lipinski definition) is 2. The Bertz CT molecular complexity index is 202. The molecule has 0 aromatic carbocycles. The van der Waals surface area contributed by atoms with Gasteiger partial charge in [0.1, 0.15) is 0 Å². The molecule has 1 aliphatic carbocycles. The number of methoxy groups -OCH3 is 1. The minimum Gasteiger partial charge on any atom is -0.469 e. The van der Waals surface area contributed by atoms with Gasteiger partial charge in [0.25, 0.3) is 0 Å². The molecule has 14 heavy (non-hydrogen) atoms. The minimum absolute atomic E-state index is 0.0148. The van der Waals surface area contributed by atoms with E-state index in [0.717, 1.165) is 38.5 Å². The van der Waals surface area contributed by atoms with E-state index < -0.39 is 0 Å². The predicted molar refractivity (Wildman–Crippen MR) is 57.0 cm³/mol. The summed E-state index contributed by atoms with van der Waals surface area (Å²) < 4.78 is 4.92. The summed E-state index contributed by atoms with van der Waals surface area (Å²) in [4.78, 5) is 11.7. The van der Waals surface area contributed by atoms with E-state index in [0.29, 0.717) is 0 Å². The second-order valence-corrected chi connectivity index (χ2v) is 4.16. The van der Waals surface area contributed by atoms with Crippen LogP contribution in [0.25, 0.3) is 0 Å². The molecular weight excluding hydrogens is 176 g/mol. The number of allylic oxidation sites excluding steroid dienone is 1. The van der Waals surface area contributed by atoms with Crippen molar-refractivity contribution in [1.29, 1.82) is 0 Å². The van der Waals surface area contributed by atoms with Gasteiger partial charge in [0.2, 0.25) is 0 Å². The Balaban J connectivity index is 2.66. The molecule has 0 N–H and O–H groups in total. The van der Waals surface area contributed by atoms with E-state index in [1.165, 1.54) is 13.5 Å². The lowest BCUT2D eigenvalue weighted by atomic mass is 9.71. The number of rotatable bonds is 4. The third-order valence-corrected chi connectivity index (χ3v) is 3.26. The Kier molecular flexibility index (Phi) is 4.18. The van der Waals surface area contributed by atoms with Crippen molar-refractivity contribution in [2.75, 3.05) is 7.11 Å². The van der Waals surface area contributed by atoms with Crippen LogP contribution >= 0.6 is 0 Å². The molecule has 0 amide bonds. The highest BCUT2D eigenvalue weighted by Gasteiger charge is 2.39. The first-order chi connectivity index (χ1) is 6.75. The molecular formula is C12H20O2. The Labute approximate surface area is 86.3 Å². The summed E-state index contributed by atoms with van der Waals surface area (Å²) in [5.74, 6) is -0.0148. The fourth-order valence-corrected chi connectivity index (χ4v) is 2.38. The van der Waals surface area contributed by atoms with Gasteiger partial charge in [0, 0.05) is 0 Å². The molecule has 2 heteroatoms. The van der Waals surface area contributed by atoms with E-state index in [-0.39, 0.29) is 11.4 Å². The Morgan fingerprint density at radius 1 is 1.43 bits per heavy atom. The number of esters is 1. The molecule has 0 unspecified atom stereocenters. The quantitative estimate of drug-likeness (QED) is 0.510. The molecule has 0 heterocycles. The maximum atomic E-state index is 11.7. The smallest absolute Gasteiger partial charge is 0.311 e. The van der Waals surface area contributed by atoms with Crippen molar-refractivity contribution < 1.29 is 9.53 Å². The van der Waals surface area contributed by atoms with Gasteiger partial charge in [-0.1, -0.05) is 25.3 Å². The van der Waals surface area contributed by atoms with E-state index >= 15 is 0 Å². The molecule has 80 valence electrons. The van der Waals surface area contributed by atoms with Crippen LogP contribution in [0.3, 0.4) is 0 Å². The molecule has 2 nitrogen and oxygen atoms in total. The second-order valence-electron chi connectivity index (χ2n) is 4.16. The van der Waals surface area contributed by atoms with E-state index in [9.17, 15) is 4.79 Å². The average molecular weight is 196 g/mol. The van der Waals surface area contributed by atoms with Crippen molar-refractivity contribution in [3.63, 3.8) is 0 Å². The van der Waals surface area contributed by atoms with E-state index in [1.807, 2.05) is 6.08 Å². The summed E-state index contributed by atoms with van der Waals surface area (Å²) >= 11 is 0. The standard InChI is InChI=1S/C12H20O2/c1-3-4-8-12(11(13)14-2)9-6-5-7-10-12/h3H,1,4-10H2,2H3. The molecule has 0 aromatic heterocycles. The second kappa shape index (κ2) is 5.18. The lowest BCUT2D eigenvalue weighted by Crippen LogP contribution is -2.34. The largest absolute Gasteiger partial charge is 0.469 e. The van der Waals surface area contributed by atoms with Gasteiger partial charge in [-0.05, 0) is 25.7 Å². The molecule has 0 bridgehead atoms. The lowest BCUT2D eigenvalue weighted by Gasteiger charge is -2.34. The average Bonchev–Trinajstić information content (AvgIpc) is 2.26. The fourth-order valence-electron chi connectivity index (χ4n) is 2.38. The van der Waals surface area contributed by atoms with Crippen LogP contribution in [0.15, 0.2) is 12.7 Å². The topological polar surface area (TPSA) is 26.3 Å². The number of ether oxygens (including phenoxy) is 1. The molecule has 1 rings (SSSR count). The van der Waals surface area contributed by atoms with Crippen molar-refractivity contribution in [3.8, 4) is 0 Å². The van der Waals surface area contributed by atoms with Gasteiger partial charge in [0.05, 0.1) is 12.5 Å². The fraction of sp³-hybridized carbons (Fsp3) is 0.750. The Morgan fingerprint density at radius 2 is 2.07 bits per heavy atom. The zero-order valence-corrected chi connectivity index (χ0v) is 9.05. The number of carbonyl (C=O) groups is 1. The minimum atomic E-state index is -0.193.